The molecule has 4 amide bonds. The summed E-state index contributed by atoms with van der Waals surface area (Å²) in [7, 11) is 0. The van der Waals surface area contributed by atoms with Crippen molar-refractivity contribution < 1.29 is 23.2 Å². The fourth-order valence-corrected chi connectivity index (χ4v) is 4.20. The molecule has 1 aromatic rings. The van der Waals surface area contributed by atoms with E-state index >= 15 is 0 Å². The van der Waals surface area contributed by atoms with Crippen molar-refractivity contribution in [1.29, 1.82) is 0 Å². The maximum atomic E-state index is 12.8. The Morgan fingerprint density at radius 3 is 2.67 bits per heavy atom. The smallest absolute Gasteiger partial charge is 0.325 e. The number of nitrogens with zero attached hydrogens (tertiary/aromatic N) is 1. The van der Waals surface area contributed by atoms with Gasteiger partial charge in [0.2, 0.25) is 5.91 Å². The van der Waals surface area contributed by atoms with E-state index in [-0.39, 0.29) is 18.4 Å². The standard InChI is InChI=1S/C18H21F2N3O3S/c1-11-4-2-3-9-18(11)15(25)23(17(26)22-18)10-14(24)21-12-5-7-13(8-6-12)27-16(19)20/h5-8,11,16H,2-4,9-10H2,1H3,(H,21,24)(H,22,26)/t11-,18+/m0/s1. The first-order chi connectivity index (χ1) is 12.8. The molecule has 0 bridgehead atoms. The Morgan fingerprint density at radius 1 is 1.33 bits per heavy atom. The molecule has 1 saturated heterocycles. The fourth-order valence-electron chi connectivity index (χ4n) is 3.70. The van der Waals surface area contributed by atoms with E-state index in [0.717, 1.165) is 24.2 Å². The van der Waals surface area contributed by atoms with Gasteiger partial charge in [0.05, 0.1) is 0 Å². The van der Waals surface area contributed by atoms with E-state index < -0.39 is 23.2 Å². The lowest BCUT2D eigenvalue weighted by Gasteiger charge is -2.36. The molecule has 2 atom stereocenters. The van der Waals surface area contributed by atoms with Crippen molar-refractivity contribution >= 4 is 35.3 Å². The predicted molar refractivity (Wildman–Crippen MR) is 97.5 cm³/mol. The number of urea groups is 1. The molecule has 1 aromatic carbocycles. The van der Waals surface area contributed by atoms with Crippen molar-refractivity contribution in [3.63, 3.8) is 0 Å². The van der Waals surface area contributed by atoms with Crippen LogP contribution in [-0.4, -0.2) is 40.6 Å². The molecule has 1 aliphatic heterocycles. The third kappa shape index (κ3) is 4.07. The highest BCUT2D eigenvalue weighted by atomic mass is 32.2. The summed E-state index contributed by atoms with van der Waals surface area (Å²) in [6.07, 6.45) is 3.32. The van der Waals surface area contributed by atoms with Crippen molar-refractivity contribution in [3.8, 4) is 0 Å². The minimum atomic E-state index is -2.51. The Morgan fingerprint density at radius 2 is 2.04 bits per heavy atom. The molecule has 2 fully saturated rings. The summed E-state index contributed by atoms with van der Waals surface area (Å²) in [6.45, 7) is 1.56. The zero-order valence-electron chi connectivity index (χ0n) is 14.8. The van der Waals surface area contributed by atoms with Crippen LogP contribution in [0, 0.1) is 5.92 Å². The molecule has 0 radical (unpaired) electrons. The van der Waals surface area contributed by atoms with Crippen molar-refractivity contribution in [3.05, 3.63) is 24.3 Å². The van der Waals surface area contributed by atoms with Crippen molar-refractivity contribution in [2.24, 2.45) is 5.92 Å². The molecule has 0 aromatic heterocycles. The molecule has 0 unspecified atom stereocenters. The number of anilines is 1. The number of hydrogen-bond acceptors (Lipinski definition) is 4. The van der Waals surface area contributed by atoms with Crippen LogP contribution in [0.25, 0.3) is 0 Å². The average molecular weight is 397 g/mol. The number of benzene rings is 1. The third-order valence-electron chi connectivity index (χ3n) is 5.17. The van der Waals surface area contributed by atoms with Gasteiger partial charge < -0.3 is 10.6 Å². The van der Waals surface area contributed by atoms with E-state index in [0.29, 0.717) is 28.8 Å². The zero-order valence-corrected chi connectivity index (χ0v) is 15.7. The Balaban J connectivity index is 1.62. The predicted octanol–water partition coefficient (Wildman–Crippen LogP) is 3.44. The lowest BCUT2D eigenvalue weighted by atomic mass is 9.73. The molecule has 2 N–H and O–H groups in total. The summed E-state index contributed by atoms with van der Waals surface area (Å²) < 4.78 is 24.7. The number of hydrogen-bond donors (Lipinski definition) is 2. The molecule has 27 heavy (non-hydrogen) atoms. The number of rotatable bonds is 5. The van der Waals surface area contributed by atoms with Crippen LogP contribution < -0.4 is 10.6 Å². The van der Waals surface area contributed by atoms with E-state index in [1.165, 1.54) is 24.3 Å². The Hall–Kier alpha value is -2.16. The number of alkyl halides is 2. The molecule has 9 heteroatoms. The van der Waals surface area contributed by atoms with E-state index in [9.17, 15) is 23.2 Å². The Bertz CT molecular complexity index is 744. The topological polar surface area (TPSA) is 78.5 Å². The summed E-state index contributed by atoms with van der Waals surface area (Å²) >= 11 is 0.413. The molecule has 146 valence electrons. The van der Waals surface area contributed by atoms with Gasteiger partial charge >= 0.3 is 6.03 Å². The van der Waals surface area contributed by atoms with E-state index in [1.54, 1.807) is 0 Å². The number of thioether (sulfide) groups is 1. The van der Waals surface area contributed by atoms with Gasteiger partial charge in [0.15, 0.2) is 0 Å². The van der Waals surface area contributed by atoms with Crippen LogP contribution in [0.3, 0.4) is 0 Å². The lowest BCUT2D eigenvalue weighted by Crippen LogP contribution is -2.54. The van der Waals surface area contributed by atoms with Crippen LogP contribution >= 0.6 is 11.8 Å². The van der Waals surface area contributed by atoms with Crippen LogP contribution in [0.1, 0.15) is 32.6 Å². The van der Waals surface area contributed by atoms with Gasteiger partial charge in [-0.15, -0.1) is 0 Å². The summed E-state index contributed by atoms with van der Waals surface area (Å²) in [4.78, 5) is 38.7. The van der Waals surface area contributed by atoms with E-state index in [2.05, 4.69) is 10.6 Å². The highest BCUT2D eigenvalue weighted by molar-refractivity contribution is 7.99. The normalized spacial score (nSPS) is 25.2. The number of carbonyl (C=O) groups is 3. The lowest BCUT2D eigenvalue weighted by molar-refractivity contribution is -0.136. The molecule has 1 spiro atoms. The number of nitrogens with one attached hydrogen (secondary N) is 2. The molecule has 1 heterocycles. The van der Waals surface area contributed by atoms with Gasteiger partial charge in [-0.2, -0.15) is 8.78 Å². The first-order valence-corrected chi connectivity index (χ1v) is 9.68. The fraction of sp³-hybridized carbons (Fsp3) is 0.500. The van der Waals surface area contributed by atoms with Crippen molar-refractivity contribution in [1.82, 2.24) is 10.2 Å². The second-order valence-electron chi connectivity index (χ2n) is 6.89. The maximum Gasteiger partial charge on any atom is 0.325 e. The van der Waals surface area contributed by atoms with Gasteiger partial charge in [-0.25, -0.2) is 4.79 Å². The van der Waals surface area contributed by atoms with Gasteiger partial charge in [0.25, 0.3) is 11.7 Å². The summed E-state index contributed by atoms with van der Waals surface area (Å²) in [5.41, 5.74) is -0.490. The summed E-state index contributed by atoms with van der Waals surface area (Å²) in [6, 6.07) is 5.39. The molecule has 6 nitrogen and oxygen atoms in total. The molecule has 3 rings (SSSR count). The van der Waals surface area contributed by atoms with Crippen LogP contribution in [0.15, 0.2) is 29.2 Å². The summed E-state index contributed by atoms with van der Waals surface area (Å²) in [5.74, 6) is -3.36. The first-order valence-electron chi connectivity index (χ1n) is 8.80. The molecular formula is C18H21F2N3O3S. The van der Waals surface area contributed by atoms with E-state index in [1.807, 2.05) is 6.92 Å². The average Bonchev–Trinajstić information content (AvgIpc) is 2.84. The molecule has 2 aliphatic rings. The number of imide groups is 1. The van der Waals surface area contributed by atoms with Gasteiger partial charge in [0.1, 0.15) is 12.1 Å². The highest BCUT2D eigenvalue weighted by Crippen LogP contribution is 2.38. The number of halogens is 2. The first kappa shape index (κ1) is 19.6. The van der Waals surface area contributed by atoms with Crippen molar-refractivity contribution in [2.45, 2.75) is 48.8 Å². The number of amides is 4. The minimum Gasteiger partial charge on any atom is -0.325 e. The highest BCUT2D eigenvalue weighted by Gasteiger charge is 2.55. The van der Waals surface area contributed by atoms with Crippen LogP contribution in [0.5, 0.6) is 0 Å². The zero-order chi connectivity index (χ0) is 19.6. The number of carbonyl (C=O) groups excluding carboxylic acids is 3. The van der Waals surface area contributed by atoms with Crippen molar-refractivity contribution in [2.75, 3.05) is 11.9 Å². The van der Waals surface area contributed by atoms with Gasteiger partial charge in [-0.3, -0.25) is 14.5 Å². The third-order valence-corrected chi connectivity index (χ3v) is 5.89. The molecule has 1 saturated carbocycles. The van der Waals surface area contributed by atoms with Crippen LogP contribution in [0.2, 0.25) is 0 Å². The van der Waals surface area contributed by atoms with Gasteiger partial charge in [0, 0.05) is 10.6 Å². The van der Waals surface area contributed by atoms with Crippen LogP contribution in [-0.2, 0) is 9.59 Å². The monoisotopic (exact) mass is 397 g/mol. The maximum absolute atomic E-state index is 12.8. The van der Waals surface area contributed by atoms with Gasteiger partial charge in [-0.1, -0.05) is 31.5 Å². The van der Waals surface area contributed by atoms with Crippen LogP contribution in [0.4, 0.5) is 19.3 Å². The second-order valence-corrected chi connectivity index (χ2v) is 7.95. The summed E-state index contributed by atoms with van der Waals surface area (Å²) in [5, 5.41) is 5.38. The largest absolute Gasteiger partial charge is 0.325 e. The second kappa shape index (κ2) is 7.84. The SMILES string of the molecule is C[C@H]1CCCC[C@@]12NC(=O)N(CC(=O)Nc1ccc(SC(F)F)cc1)C2=O. The molecule has 1 aliphatic carbocycles. The Labute approximate surface area is 160 Å². The van der Waals surface area contributed by atoms with E-state index in [4.69, 9.17) is 0 Å². The van der Waals surface area contributed by atoms with Gasteiger partial charge in [-0.05, 0) is 43.0 Å². The quantitative estimate of drug-likeness (QED) is 0.589. The minimum absolute atomic E-state index is 0.0237. The Kier molecular flexibility index (Phi) is 5.69. The molecular weight excluding hydrogens is 376 g/mol.